The number of hydrogen-bond donors (Lipinski definition) is 3. The lowest BCUT2D eigenvalue weighted by atomic mass is 9.96. The van der Waals surface area contributed by atoms with Crippen LogP contribution in [-0.4, -0.2) is 29.7 Å². The van der Waals surface area contributed by atoms with Crippen molar-refractivity contribution in [3.8, 4) is 0 Å². The van der Waals surface area contributed by atoms with Crippen LogP contribution in [0.1, 0.15) is 47.0 Å². The molecule has 18 heavy (non-hydrogen) atoms. The van der Waals surface area contributed by atoms with Gasteiger partial charge in [-0.1, -0.05) is 40.5 Å². The fourth-order valence-corrected chi connectivity index (χ4v) is 1.95. The lowest BCUT2D eigenvalue weighted by molar-refractivity contribution is -0.123. The average molecular weight is 281 g/mol. The highest BCUT2D eigenvalue weighted by atomic mass is 35.5. The van der Waals surface area contributed by atoms with Gasteiger partial charge in [0, 0.05) is 6.54 Å². The molecule has 0 aliphatic carbocycles. The molecule has 0 saturated heterocycles. The summed E-state index contributed by atoms with van der Waals surface area (Å²) in [5.74, 6) is 0.486. The molecule has 1 amide bonds. The minimum absolute atomic E-state index is 0. The summed E-state index contributed by atoms with van der Waals surface area (Å²) >= 11 is 0. The second-order valence-corrected chi connectivity index (χ2v) is 5.13. The van der Waals surface area contributed by atoms with E-state index in [1.165, 1.54) is 0 Å². The van der Waals surface area contributed by atoms with E-state index in [9.17, 15) is 9.90 Å². The van der Waals surface area contributed by atoms with E-state index in [4.69, 9.17) is 5.73 Å². The first-order chi connectivity index (χ1) is 7.92. The summed E-state index contributed by atoms with van der Waals surface area (Å²) in [6, 6.07) is -0.469. The summed E-state index contributed by atoms with van der Waals surface area (Å²) in [7, 11) is 0. The first kappa shape index (κ1) is 20.0. The van der Waals surface area contributed by atoms with Crippen LogP contribution in [0.25, 0.3) is 0 Å². The Labute approximate surface area is 117 Å². The zero-order valence-electron chi connectivity index (χ0n) is 12.0. The van der Waals surface area contributed by atoms with Gasteiger partial charge in [0.25, 0.3) is 0 Å². The van der Waals surface area contributed by atoms with Crippen LogP contribution in [0, 0.1) is 11.8 Å². The van der Waals surface area contributed by atoms with Crippen molar-refractivity contribution in [3.05, 3.63) is 0 Å². The van der Waals surface area contributed by atoms with Gasteiger partial charge in [-0.15, -0.1) is 12.4 Å². The van der Waals surface area contributed by atoms with Crippen molar-refractivity contribution < 1.29 is 9.90 Å². The summed E-state index contributed by atoms with van der Waals surface area (Å²) < 4.78 is 0. The first-order valence-electron chi connectivity index (χ1n) is 6.63. The molecule has 5 heteroatoms. The average Bonchev–Trinajstić information content (AvgIpc) is 2.26. The maximum absolute atomic E-state index is 11.6. The number of amides is 1. The number of rotatable bonds is 8. The lowest BCUT2D eigenvalue weighted by Crippen LogP contribution is -2.45. The Kier molecular flexibility index (Phi) is 11.8. The molecule has 0 saturated carbocycles. The smallest absolute Gasteiger partial charge is 0.237 e. The highest BCUT2D eigenvalue weighted by Gasteiger charge is 2.19. The fourth-order valence-electron chi connectivity index (χ4n) is 1.95. The molecule has 0 aromatic carbocycles. The topological polar surface area (TPSA) is 75.3 Å². The van der Waals surface area contributed by atoms with Gasteiger partial charge in [0.15, 0.2) is 0 Å². The third kappa shape index (κ3) is 7.90. The number of aliphatic hydroxyl groups excluding tert-OH is 1. The fraction of sp³-hybridized carbons (Fsp3) is 0.923. The molecule has 0 aliphatic rings. The van der Waals surface area contributed by atoms with Gasteiger partial charge in [-0.2, -0.15) is 0 Å². The van der Waals surface area contributed by atoms with Crippen molar-refractivity contribution in [3.63, 3.8) is 0 Å². The van der Waals surface area contributed by atoms with E-state index in [1.54, 1.807) is 0 Å². The quantitative estimate of drug-likeness (QED) is 0.633. The van der Waals surface area contributed by atoms with Crippen molar-refractivity contribution in [1.29, 1.82) is 0 Å². The highest BCUT2D eigenvalue weighted by Crippen LogP contribution is 2.12. The molecule has 1 unspecified atom stereocenters. The van der Waals surface area contributed by atoms with Crippen LogP contribution in [0.2, 0.25) is 0 Å². The van der Waals surface area contributed by atoms with E-state index < -0.39 is 12.1 Å². The molecule has 0 aliphatic heterocycles. The van der Waals surface area contributed by atoms with Gasteiger partial charge in [-0.05, 0) is 18.3 Å². The Morgan fingerprint density at radius 2 is 1.78 bits per heavy atom. The van der Waals surface area contributed by atoms with Gasteiger partial charge in [0.2, 0.25) is 5.91 Å². The van der Waals surface area contributed by atoms with Gasteiger partial charge < -0.3 is 16.2 Å². The Balaban J connectivity index is 0. The minimum atomic E-state index is -0.472. The van der Waals surface area contributed by atoms with E-state index in [2.05, 4.69) is 5.32 Å². The molecular formula is C13H29ClN2O2. The number of nitrogens with two attached hydrogens (primary N) is 1. The van der Waals surface area contributed by atoms with Gasteiger partial charge in [-0.25, -0.2) is 0 Å². The van der Waals surface area contributed by atoms with E-state index in [0.717, 1.165) is 12.8 Å². The van der Waals surface area contributed by atoms with Crippen molar-refractivity contribution in [2.24, 2.45) is 17.6 Å². The number of hydrogen-bond acceptors (Lipinski definition) is 3. The van der Waals surface area contributed by atoms with E-state index in [-0.39, 0.29) is 24.2 Å². The van der Waals surface area contributed by atoms with E-state index >= 15 is 0 Å². The standard InChI is InChI=1S/C13H28N2O2.ClH/c1-5-10(6-2)12(16)8-15-13(17)11(14)7-9(3)4;/h9-12,16H,5-8,14H2,1-4H3,(H,15,17);1H/t11-,12?;/m0./s1. The minimum Gasteiger partial charge on any atom is -0.391 e. The summed E-state index contributed by atoms with van der Waals surface area (Å²) in [6.07, 6.45) is 2.05. The molecule has 4 N–H and O–H groups in total. The molecule has 0 heterocycles. The van der Waals surface area contributed by atoms with Gasteiger partial charge in [-0.3, -0.25) is 4.79 Å². The Morgan fingerprint density at radius 1 is 1.28 bits per heavy atom. The SMILES string of the molecule is CCC(CC)C(O)CNC(=O)[C@@H](N)CC(C)C.Cl. The maximum Gasteiger partial charge on any atom is 0.237 e. The van der Waals surface area contributed by atoms with Crippen LogP contribution in [0.5, 0.6) is 0 Å². The largest absolute Gasteiger partial charge is 0.391 e. The molecule has 0 spiro atoms. The monoisotopic (exact) mass is 280 g/mol. The van der Waals surface area contributed by atoms with Crippen LogP contribution in [-0.2, 0) is 4.79 Å². The predicted molar refractivity (Wildman–Crippen MR) is 77.8 cm³/mol. The molecular weight excluding hydrogens is 252 g/mol. The highest BCUT2D eigenvalue weighted by molar-refractivity contribution is 5.85. The molecule has 0 aromatic heterocycles. The number of nitrogens with one attached hydrogen (secondary N) is 1. The van der Waals surface area contributed by atoms with Crippen LogP contribution in [0.3, 0.4) is 0 Å². The Morgan fingerprint density at radius 3 is 2.17 bits per heavy atom. The predicted octanol–water partition coefficient (Wildman–Crippen LogP) is 1.69. The zero-order chi connectivity index (χ0) is 13.4. The van der Waals surface area contributed by atoms with Gasteiger partial charge >= 0.3 is 0 Å². The Bertz CT molecular complexity index is 221. The number of halogens is 1. The number of carbonyl (C=O) groups is 1. The summed E-state index contributed by atoms with van der Waals surface area (Å²) in [5, 5.41) is 12.6. The molecule has 2 atom stereocenters. The van der Waals surface area contributed by atoms with Crippen molar-refractivity contribution >= 4 is 18.3 Å². The van der Waals surface area contributed by atoms with Crippen LogP contribution >= 0.6 is 12.4 Å². The van der Waals surface area contributed by atoms with Crippen molar-refractivity contribution in [2.75, 3.05) is 6.54 Å². The molecule has 110 valence electrons. The van der Waals surface area contributed by atoms with Crippen LogP contribution in [0.15, 0.2) is 0 Å². The third-order valence-electron chi connectivity index (χ3n) is 3.14. The Hall–Kier alpha value is -0.320. The molecule has 0 aromatic rings. The molecule has 0 bridgehead atoms. The van der Waals surface area contributed by atoms with E-state index in [1.807, 2.05) is 27.7 Å². The van der Waals surface area contributed by atoms with Gasteiger partial charge in [0.1, 0.15) is 0 Å². The summed E-state index contributed by atoms with van der Waals surface area (Å²) in [5.41, 5.74) is 5.75. The van der Waals surface area contributed by atoms with E-state index in [0.29, 0.717) is 18.9 Å². The maximum atomic E-state index is 11.6. The first-order valence-corrected chi connectivity index (χ1v) is 6.63. The summed E-state index contributed by atoms with van der Waals surface area (Å²) in [6.45, 7) is 8.46. The van der Waals surface area contributed by atoms with Gasteiger partial charge in [0.05, 0.1) is 12.1 Å². The molecule has 4 nitrogen and oxygen atoms in total. The number of aliphatic hydroxyl groups is 1. The summed E-state index contributed by atoms with van der Waals surface area (Å²) in [4.78, 5) is 11.6. The van der Waals surface area contributed by atoms with Crippen LogP contribution < -0.4 is 11.1 Å². The molecule has 0 fully saturated rings. The molecule has 0 rings (SSSR count). The second-order valence-electron chi connectivity index (χ2n) is 5.13. The second kappa shape index (κ2) is 10.6. The number of carbonyl (C=O) groups excluding carboxylic acids is 1. The molecule has 0 radical (unpaired) electrons. The third-order valence-corrected chi connectivity index (χ3v) is 3.14. The van der Waals surface area contributed by atoms with Crippen molar-refractivity contribution in [2.45, 2.75) is 59.1 Å². The lowest BCUT2D eigenvalue weighted by Gasteiger charge is -2.21. The van der Waals surface area contributed by atoms with Crippen molar-refractivity contribution in [1.82, 2.24) is 5.32 Å². The zero-order valence-corrected chi connectivity index (χ0v) is 12.8. The van der Waals surface area contributed by atoms with Crippen LogP contribution in [0.4, 0.5) is 0 Å². The normalized spacial score (nSPS) is 14.2.